The predicted octanol–water partition coefficient (Wildman–Crippen LogP) is 17.3. The number of hydrogen-bond acceptors (Lipinski definition) is 4. The molecule has 0 unspecified atom stereocenters. The molecule has 0 N–H and O–H groups in total. The van der Waals surface area contributed by atoms with Gasteiger partial charge in [0, 0.05) is 53.1 Å². The van der Waals surface area contributed by atoms with Crippen molar-refractivity contribution in [2.24, 2.45) is 0 Å². The number of hydrogen-bond donors (Lipinski definition) is 0. The molecule has 12 rings (SSSR count). The van der Waals surface area contributed by atoms with Crippen LogP contribution in [0.25, 0.3) is 73.0 Å². The molecular weight excluding hydrogens is 765 g/mol. The van der Waals surface area contributed by atoms with Gasteiger partial charge >= 0.3 is 0 Å². The molecule has 2 aromatic heterocycles. The van der Waals surface area contributed by atoms with Crippen molar-refractivity contribution in [3.05, 3.63) is 218 Å². The van der Waals surface area contributed by atoms with Gasteiger partial charge < -0.3 is 9.80 Å². The smallest absolute Gasteiger partial charge is 0.0640 e. The van der Waals surface area contributed by atoms with Crippen LogP contribution in [-0.4, -0.2) is 0 Å². The summed E-state index contributed by atoms with van der Waals surface area (Å²) in [5, 5.41) is 10.0. The first kappa shape index (κ1) is 34.8. The van der Waals surface area contributed by atoms with Crippen LogP contribution in [0.15, 0.2) is 218 Å². The molecule has 0 spiro atoms. The molecule has 2 heterocycles. The number of rotatable bonds is 7. The fraction of sp³-hybridized carbons (Fsp3) is 0. The standard InChI is InChI=1S/C56H36N2S2/c1-3-23-43-37(15-1)17-11-29-49(43)57(51-31-13-27-47-45-25-5-7-33-53(45)59-55(47)51)41-21-9-19-39(35-41)40-20-10-22-42(36-40)58(50-30-12-18-38-16-2-4-24-44(38)50)52-32-14-28-48-46-26-6-8-34-54(46)60-56(48)52/h1-36H. The maximum absolute atomic E-state index is 2.47. The lowest BCUT2D eigenvalue weighted by Gasteiger charge is -2.28. The van der Waals surface area contributed by atoms with E-state index in [9.17, 15) is 0 Å². The van der Waals surface area contributed by atoms with Gasteiger partial charge in [0.2, 0.25) is 0 Å². The van der Waals surface area contributed by atoms with Gasteiger partial charge in [0.15, 0.2) is 0 Å². The Morgan fingerprint density at radius 3 is 1.10 bits per heavy atom. The molecule has 0 aliphatic carbocycles. The monoisotopic (exact) mass is 800 g/mol. The Labute approximate surface area is 356 Å². The lowest BCUT2D eigenvalue weighted by Crippen LogP contribution is -2.11. The molecule has 0 saturated heterocycles. The molecule has 10 aromatic carbocycles. The number of anilines is 6. The number of fused-ring (bicyclic) bond motifs is 8. The summed E-state index contributed by atoms with van der Waals surface area (Å²) in [4.78, 5) is 4.94. The molecule has 0 atom stereocenters. The van der Waals surface area contributed by atoms with Gasteiger partial charge in [0.25, 0.3) is 0 Å². The molecule has 0 saturated carbocycles. The van der Waals surface area contributed by atoms with Crippen LogP contribution in [0.5, 0.6) is 0 Å². The van der Waals surface area contributed by atoms with E-state index in [2.05, 4.69) is 228 Å². The van der Waals surface area contributed by atoms with Crippen LogP contribution in [0.1, 0.15) is 0 Å². The summed E-state index contributed by atoms with van der Waals surface area (Å²) >= 11 is 3.74. The molecule has 12 aromatic rings. The van der Waals surface area contributed by atoms with Crippen molar-refractivity contribution in [1.29, 1.82) is 0 Å². The van der Waals surface area contributed by atoms with Crippen LogP contribution < -0.4 is 9.80 Å². The normalized spacial score (nSPS) is 11.7. The van der Waals surface area contributed by atoms with E-state index in [0.29, 0.717) is 0 Å². The fourth-order valence-electron chi connectivity index (χ4n) is 9.09. The summed E-state index contributed by atoms with van der Waals surface area (Å²) in [6.07, 6.45) is 0. The minimum Gasteiger partial charge on any atom is -0.308 e. The van der Waals surface area contributed by atoms with E-state index in [1.165, 1.54) is 73.3 Å². The summed E-state index contributed by atoms with van der Waals surface area (Å²) < 4.78 is 5.15. The number of benzene rings is 10. The van der Waals surface area contributed by atoms with Crippen molar-refractivity contribution in [2.45, 2.75) is 0 Å². The maximum atomic E-state index is 2.47. The first-order chi connectivity index (χ1) is 29.8. The quantitative estimate of drug-likeness (QED) is 0.158. The molecule has 0 amide bonds. The van der Waals surface area contributed by atoms with Gasteiger partial charge in [-0.3, -0.25) is 0 Å². The highest BCUT2D eigenvalue weighted by Crippen LogP contribution is 2.49. The molecule has 0 bridgehead atoms. The molecule has 0 aliphatic heterocycles. The molecule has 0 aliphatic rings. The molecule has 2 nitrogen and oxygen atoms in total. The van der Waals surface area contributed by atoms with E-state index >= 15 is 0 Å². The third-order valence-electron chi connectivity index (χ3n) is 11.8. The summed E-state index contributed by atoms with van der Waals surface area (Å²) in [5.74, 6) is 0. The highest BCUT2D eigenvalue weighted by molar-refractivity contribution is 7.26. The Balaban J connectivity index is 1.05. The summed E-state index contributed by atoms with van der Waals surface area (Å²) in [7, 11) is 0. The Kier molecular flexibility index (Phi) is 8.25. The van der Waals surface area contributed by atoms with Crippen LogP contribution in [0, 0.1) is 0 Å². The highest BCUT2D eigenvalue weighted by Gasteiger charge is 2.22. The van der Waals surface area contributed by atoms with E-state index in [0.717, 1.165) is 33.9 Å². The maximum Gasteiger partial charge on any atom is 0.0640 e. The number of thiophene rings is 2. The zero-order chi connectivity index (χ0) is 39.6. The van der Waals surface area contributed by atoms with Gasteiger partial charge in [0.05, 0.1) is 32.1 Å². The molecular formula is C56H36N2S2. The molecule has 0 fully saturated rings. The summed E-state index contributed by atoms with van der Waals surface area (Å²) in [6.45, 7) is 0. The van der Waals surface area contributed by atoms with Crippen molar-refractivity contribution in [3.8, 4) is 11.1 Å². The lowest BCUT2D eigenvalue weighted by molar-refractivity contribution is 1.31. The zero-order valence-electron chi connectivity index (χ0n) is 32.5. The van der Waals surface area contributed by atoms with Crippen LogP contribution in [0.3, 0.4) is 0 Å². The van der Waals surface area contributed by atoms with Gasteiger partial charge in [-0.05, 0) is 82.6 Å². The van der Waals surface area contributed by atoms with E-state index in [-0.39, 0.29) is 0 Å². The van der Waals surface area contributed by atoms with E-state index < -0.39 is 0 Å². The van der Waals surface area contributed by atoms with Crippen molar-refractivity contribution in [3.63, 3.8) is 0 Å². The topological polar surface area (TPSA) is 6.48 Å². The average Bonchev–Trinajstić information content (AvgIpc) is 3.89. The van der Waals surface area contributed by atoms with Crippen LogP contribution in [0.2, 0.25) is 0 Å². The minimum absolute atomic E-state index is 1.11. The fourth-order valence-corrected chi connectivity index (χ4v) is 11.5. The zero-order valence-corrected chi connectivity index (χ0v) is 34.1. The first-order valence-corrected chi connectivity index (χ1v) is 22.0. The van der Waals surface area contributed by atoms with Crippen molar-refractivity contribution < 1.29 is 0 Å². The Bertz CT molecular complexity index is 3350. The van der Waals surface area contributed by atoms with E-state index in [1.54, 1.807) is 0 Å². The minimum atomic E-state index is 1.11. The average molecular weight is 801 g/mol. The second kappa shape index (κ2) is 14.2. The Morgan fingerprint density at radius 1 is 0.267 bits per heavy atom. The predicted molar refractivity (Wildman–Crippen MR) is 262 cm³/mol. The number of nitrogens with zero attached hydrogens (tertiary/aromatic N) is 2. The Hall–Kier alpha value is -7.24. The summed E-state index contributed by atoms with van der Waals surface area (Å²) in [5.41, 5.74) is 9.19. The second-order valence-electron chi connectivity index (χ2n) is 15.3. The van der Waals surface area contributed by atoms with Gasteiger partial charge in [0.1, 0.15) is 0 Å². The van der Waals surface area contributed by atoms with Gasteiger partial charge in [-0.2, -0.15) is 0 Å². The van der Waals surface area contributed by atoms with Crippen LogP contribution in [-0.2, 0) is 0 Å². The third-order valence-corrected chi connectivity index (χ3v) is 14.2. The van der Waals surface area contributed by atoms with Crippen molar-refractivity contribution >= 4 is 119 Å². The molecule has 60 heavy (non-hydrogen) atoms. The van der Waals surface area contributed by atoms with E-state index in [4.69, 9.17) is 0 Å². The summed E-state index contributed by atoms with van der Waals surface area (Å²) in [6, 6.07) is 80.0. The first-order valence-electron chi connectivity index (χ1n) is 20.3. The van der Waals surface area contributed by atoms with Gasteiger partial charge in [-0.1, -0.05) is 158 Å². The molecule has 4 heteroatoms. The van der Waals surface area contributed by atoms with Crippen LogP contribution in [0.4, 0.5) is 34.1 Å². The van der Waals surface area contributed by atoms with Crippen LogP contribution >= 0.6 is 22.7 Å². The van der Waals surface area contributed by atoms with Crippen molar-refractivity contribution in [2.75, 3.05) is 9.80 Å². The second-order valence-corrected chi connectivity index (χ2v) is 17.4. The highest BCUT2D eigenvalue weighted by atomic mass is 32.1. The van der Waals surface area contributed by atoms with Gasteiger partial charge in [-0.15, -0.1) is 22.7 Å². The van der Waals surface area contributed by atoms with E-state index in [1.807, 2.05) is 22.7 Å². The molecule has 282 valence electrons. The van der Waals surface area contributed by atoms with Crippen molar-refractivity contribution in [1.82, 2.24) is 0 Å². The Morgan fingerprint density at radius 2 is 0.617 bits per heavy atom. The molecule has 0 radical (unpaired) electrons. The SMILES string of the molecule is c1cc(-c2cccc(N(c3cccc4ccccc34)c3cccc4c3sc3ccccc34)c2)cc(N(c2cccc3ccccc23)c2cccc3c2sc2ccccc23)c1. The lowest BCUT2D eigenvalue weighted by atomic mass is 10.0. The third kappa shape index (κ3) is 5.68. The van der Waals surface area contributed by atoms with Gasteiger partial charge in [-0.25, -0.2) is 0 Å². The largest absolute Gasteiger partial charge is 0.308 e.